The van der Waals surface area contributed by atoms with Crippen LogP contribution in [-0.2, 0) is 0 Å². The van der Waals surface area contributed by atoms with E-state index >= 15 is 0 Å². The number of hydrogen-bond acceptors (Lipinski definition) is 3. The molecule has 0 N–H and O–H groups in total. The Labute approximate surface area is 324 Å². The fourth-order valence-electron chi connectivity index (χ4n) is 8.77. The minimum atomic E-state index is 1.00. The molecular formula is C51H30N2S2. The van der Waals surface area contributed by atoms with Gasteiger partial charge in [-0.15, -0.1) is 22.7 Å². The predicted molar refractivity (Wildman–Crippen MR) is 238 cm³/mol. The summed E-state index contributed by atoms with van der Waals surface area (Å²) in [6.45, 7) is 0. The van der Waals surface area contributed by atoms with E-state index in [1.807, 2.05) is 22.7 Å². The molecule has 0 amide bonds. The Bertz CT molecular complexity index is 3440. The fourth-order valence-corrected chi connectivity index (χ4v) is 11.1. The zero-order valence-corrected chi connectivity index (χ0v) is 31.2. The highest BCUT2D eigenvalue weighted by Gasteiger charge is 2.18. The van der Waals surface area contributed by atoms with Crippen molar-refractivity contribution in [3.63, 3.8) is 0 Å². The number of pyridine rings is 1. The number of fused-ring (bicyclic) bond motifs is 10. The molecular weight excluding hydrogens is 705 g/mol. The molecule has 8 aromatic carbocycles. The molecule has 4 aromatic heterocycles. The van der Waals surface area contributed by atoms with Crippen molar-refractivity contribution < 1.29 is 0 Å². The molecule has 0 bridgehead atoms. The number of benzene rings is 8. The average molecular weight is 735 g/mol. The number of thiophene rings is 2. The Morgan fingerprint density at radius 1 is 0.364 bits per heavy atom. The van der Waals surface area contributed by atoms with Crippen molar-refractivity contribution in [3.05, 3.63) is 182 Å². The van der Waals surface area contributed by atoms with Crippen molar-refractivity contribution in [1.29, 1.82) is 0 Å². The van der Waals surface area contributed by atoms with E-state index in [9.17, 15) is 0 Å². The molecule has 0 fully saturated rings. The first-order valence-corrected chi connectivity index (χ1v) is 20.3. The van der Waals surface area contributed by atoms with Crippen LogP contribution in [0, 0.1) is 0 Å². The summed E-state index contributed by atoms with van der Waals surface area (Å²) in [4.78, 5) is 5.25. The van der Waals surface area contributed by atoms with E-state index in [0.29, 0.717) is 0 Å². The Morgan fingerprint density at radius 3 is 1.80 bits per heavy atom. The summed E-state index contributed by atoms with van der Waals surface area (Å²) >= 11 is 3.75. The summed E-state index contributed by atoms with van der Waals surface area (Å²) < 4.78 is 7.59. The molecule has 0 unspecified atom stereocenters. The van der Waals surface area contributed by atoms with Crippen molar-refractivity contribution in [1.82, 2.24) is 9.55 Å². The largest absolute Gasteiger partial charge is 0.309 e. The second-order valence-corrected chi connectivity index (χ2v) is 16.4. The van der Waals surface area contributed by atoms with E-state index in [0.717, 1.165) is 11.2 Å². The Balaban J connectivity index is 1.03. The highest BCUT2D eigenvalue weighted by molar-refractivity contribution is 7.26. The van der Waals surface area contributed by atoms with Gasteiger partial charge in [-0.3, -0.25) is 0 Å². The van der Waals surface area contributed by atoms with E-state index in [1.54, 1.807) is 0 Å². The van der Waals surface area contributed by atoms with Gasteiger partial charge < -0.3 is 4.57 Å². The quantitative estimate of drug-likeness (QED) is 0.176. The number of nitrogens with zero attached hydrogens (tertiary/aromatic N) is 2. The van der Waals surface area contributed by atoms with E-state index in [2.05, 4.69) is 187 Å². The van der Waals surface area contributed by atoms with Gasteiger partial charge in [-0.05, 0) is 82.9 Å². The third-order valence-corrected chi connectivity index (χ3v) is 13.5. The molecule has 0 saturated carbocycles. The van der Waals surface area contributed by atoms with Gasteiger partial charge >= 0.3 is 0 Å². The highest BCUT2D eigenvalue weighted by atomic mass is 32.1. The molecule has 2 nitrogen and oxygen atoms in total. The molecule has 0 radical (unpaired) electrons. The van der Waals surface area contributed by atoms with Crippen molar-refractivity contribution in [2.45, 2.75) is 0 Å². The summed E-state index contributed by atoms with van der Waals surface area (Å²) in [7, 11) is 0. The third kappa shape index (κ3) is 4.69. The van der Waals surface area contributed by atoms with Crippen LogP contribution >= 0.6 is 22.7 Å². The van der Waals surface area contributed by atoms with Gasteiger partial charge in [0.2, 0.25) is 0 Å². The SMILES string of the molecule is c1ccc(-c2cc(-c3cccc4sc5cc(-c6cccc7sc8ccc(-n9c%10ccccc%10c%10ccccc%109)cc8c67)ccc5c34)nc3ccccc23)cc1. The lowest BCUT2D eigenvalue weighted by molar-refractivity contribution is 1.19. The maximum atomic E-state index is 5.25. The summed E-state index contributed by atoms with van der Waals surface area (Å²) in [6.07, 6.45) is 0. The first kappa shape index (κ1) is 30.8. The summed E-state index contributed by atoms with van der Waals surface area (Å²) in [6, 6.07) is 66.5. The molecule has 0 aliphatic rings. The number of hydrogen-bond donors (Lipinski definition) is 0. The number of para-hydroxylation sites is 3. The van der Waals surface area contributed by atoms with Crippen LogP contribution in [0.25, 0.3) is 112 Å². The topological polar surface area (TPSA) is 17.8 Å². The van der Waals surface area contributed by atoms with Crippen LogP contribution < -0.4 is 0 Å². The summed E-state index contributed by atoms with van der Waals surface area (Å²) in [5, 5.41) is 8.88. The molecule has 4 heteroatoms. The molecule has 12 rings (SSSR count). The lowest BCUT2D eigenvalue weighted by Crippen LogP contribution is -1.93. The highest BCUT2D eigenvalue weighted by Crippen LogP contribution is 2.46. The van der Waals surface area contributed by atoms with Gasteiger partial charge in [0.15, 0.2) is 0 Å². The van der Waals surface area contributed by atoms with Crippen LogP contribution in [0.5, 0.6) is 0 Å². The molecule has 256 valence electrons. The van der Waals surface area contributed by atoms with Gasteiger partial charge in [-0.2, -0.15) is 0 Å². The summed E-state index contributed by atoms with van der Waals surface area (Å²) in [5.41, 5.74) is 11.7. The van der Waals surface area contributed by atoms with Crippen molar-refractivity contribution in [2.75, 3.05) is 0 Å². The molecule has 4 heterocycles. The Morgan fingerprint density at radius 2 is 1.02 bits per heavy atom. The second kappa shape index (κ2) is 12.0. The first-order chi connectivity index (χ1) is 27.3. The van der Waals surface area contributed by atoms with Crippen molar-refractivity contribution in [2.24, 2.45) is 0 Å². The molecule has 0 atom stereocenters. The van der Waals surface area contributed by atoms with Crippen LogP contribution in [0.3, 0.4) is 0 Å². The fraction of sp³-hybridized carbons (Fsp3) is 0. The molecule has 0 spiro atoms. The van der Waals surface area contributed by atoms with Gasteiger partial charge in [0, 0.05) is 67.8 Å². The van der Waals surface area contributed by atoms with Crippen molar-refractivity contribution in [3.8, 4) is 39.2 Å². The first-order valence-electron chi connectivity index (χ1n) is 18.6. The van der Waals surface area contributed by atoms with Crippen LogP contribution in [-0.4, -0.2) is 9.55 Å². The number of aromatic nitrogens is 2. The maximum absolute atomic E-state index is 5.25. The summed E-state index contributed by atoms with van der Waals surface area (Å²) in [5.74, 6) is 0. The molecule has 0 aliphatic carbocycles. The monoisotopic (exact) mass is 734 g/mol. The second-order valence-electron chi connectivity index (χ2n) is 14.3. The molecule has 0 aliphatic heterocycles. The van der Waals surface area contributed by atoms with Gasteiger partial charge in [-0.25, -0.2) is 4.98 Å². The third-order valence-electron chi connectivity index (χ3n) is 11.2. The average Bonchev–Trinajstić information content (AvgIpc) is 3.92. The van der Waals surface area contributed by atoms with Gasteiger partial charge in [0.1, 0.15) is 0 Å². The maximum Gasteiger partial charge on any atom is 0.0722 e. The van der Waals surface area contributed by atoms with Crippen LogP contribution in [0.4, 0.5) is 0 Å². The lowest BCUT2D eigenvalue weighted by Gasteiger charge is -2.11. The zero-order valence-electron chi connectivity index (χ0n) is 29.5. The number of rotatable bonds is 4. The molecule has 55 heavy (non-hydrogen) atoms. The smallest absolute Gasteiger partial charge is 0.0722 e. The van der Waals surface area contributed by atoms with Crippen molar-refractivity contribution >= 4 is 95.7 Å². The van der Waals surface area contributed by atoms with Crippen LogP contribution in [0.15, 0.2) is 182 Å². The van der Waals surface area contributed by atoms with E-state index in [1.165, 1.54) is 101 Å². The van der Waals surface area contributed by atoms with Gasteiger partial charge in [-0.1, -0.05) is 121 Å². The van der Waals surface area contributed by atoms with E-state index in [4.69, 9.17) is 4.98 Å². The van der Waals surface area contributed by atoms with Gasteiger partial charge in [0.05, 0.1) is 22.2 Å². The van der Waals surface area contributed by atoms with Crippen LogP contribution in [0.2, 0.25) is 0 Å². The lowest BCUT2D eigenvalue weighted by atomic mass is 9.95. The van der Waals surface area contributed by atoms with E-state index in [-0.39, 0.29) is 0 Å². The molecule has 0 saturated heterocycles. The minimum Gasteiger partial charge on any atom is -0.309 e. The van der Waals surface area contributed by atoms with Gasteiger partial charge in [0.25, 0.3) is 0 Å². The normalized spacial score (nSPS) is 12.0. The Hall–Kier alpha value is -6.59. The minimum absolute atomic E-state index is 1.00. The van der Waals surface area contributed by atoms with E-state index < -0.39 is 0 Å². The zero-order chi connectivity index (χ0) is 36.0. The predicted octanol–water partition coefficient (Wildman–Crippen LogP) is 15.1. The Kier molecular flexibility index (Phi) is 6.70. The van der Waals surface area contributed by atoms with Crippen LogP contribution in [0.1, 0.15) is 0 Å². The standard InChI is InChI=1S/C51H30N2S2/c1-2-12-31(13-3-1)40-30-43(52-42-19-7-4-14-35(40)42)38-18-11-23-48-51(38)39-26-24-32(28-49(39)55-48)34-17-10-22-47-50(34)41-29-33(25-27-46(41)54-47)53-44-20-8-5-15-36(44)37-16-6-9-21-45(37)53/h1-30H. The molecule has 12 aromatic rings.